The second-order valence-corrected chi connectivity index (χ2v) is 4.39. The minimum Gasteiger partial charge on any atom is -0.396 e. The predicted molar refractivity (Wildman–Crippen MR) is 72.0 cm³/mol. The summed E-state index contributed by atoms with van der Waals surface area (Å²) in [5.41, 5.74) is 5.09. The van der Waals surface area contributed by atoms with Crippen molar-refractivity contribution in [2.24, 2.45) is 0 Å². The van der Waals surface area contributed by atoms with Gasteiger partial charge in [0, 0.05) is 6.61 Å². The van der Waals surface area contributed by atoms with Crippen molar-refractivity contribution in [1.29, 1.82) is 0 Å². The van der Waals surface area contributed by atoms with Gasteiger partial charge in [0.25, 0.3) is 0 Å². The van der Waals surface area contributed by atoms with Crippen molar-refractivity contribution >= 4 is 0 Å². The molecule has 0 aliphatic carbocycles. The van der Waals surface area contributed by atoms with Gasteiger partial charge in [-0.05, 0) is 36.5 Å². The van der Waals surface area contributed by atoms with E-state index in [4.69, 9.17) is 5.11 Å². The molecule has 1 heteroatoms. The van der Waals surface area contributed by atoms with Gasteiger partial charge >= 0.3 is 0 Å². The molecule has 17 heavy (non-hydrogen) atoms. The van der Waals surface area contributed by atoms with Gasteiger partial charge in [-0.1, -0.05) is 54.1 Å². The maximum Gasteiger partial charge on any atom is 0.0434 e. The van der Waals surface area contributed by atoms with E-state index >= 15 is 0 Å². The van der Waals surface area contributed by atoms with Crippen molar-refractivity contribution in [2.75, 3.05) is 6.61 Å². The van der Waals surface area contributed by atoms with Crippen molar-refractivity contribution in [3.8, 4) is 11.1 Å². The summed E-state index contributed by atoms with van der Waals surface area (Å²) in [5, 5.41) is 8.79. The van der Waals surface area contributed by atoms with Crippen molar-refractivity contribution in [2.45, 2.75) is 19.8 Å². The highest BCUT2D eigenvalue weighted by Gasteiger charge is 1.98. The number of aliphatic hydroxyl groups is 1. The molecular weight excluding hydrogens is 208 g/mol. The second kappa shape index (κ2) is 5.65. The summed E-state index contributed by atoms with van der Waals surface area (Å²) in [7, 11) is 0. The molecule has 0 aliphatic heterocycles. The molecule has 2 aromatic rings. The van der Waals surface area contributed by atoms with Crippen molar-refractivity contribution in [3.63, 3.8) is 0 Å². The highest BCUT2D eigenvalue weighted by Crippen LogP contribution is 2.21. The van der Waals surface area contributed by atoms with E-state index in [0.29, 0.717) is 0 Å². The normalized spacial score (nSPS) is 10.5. The molecule has 0 saturated carbocycles. The first-order chi connectivity index (χ1) is 8.29. The Labute approximate surface area is 103 Å². The fraction of sp³-hybridized carbons (Fsp3) is 0.250. The Bertz CT molecular complexity index is 471. The third-order valence-corrected chi connectivity index (χ3v) is 2.93. The molecule has 2 rings (SSSR count). The fourth-order valence-electron chi connectivity index (χ4n) is 1.97. The lowest BCUT2D eigenvalue weighted by Gasteiger charge is -2.05. The molecule has 0 heterocycles. The summed E-state index contributed by atoms with van der Waals surface area (Å²) < 4.78 is 0. The summed E-state index contributed by atoms with van der Waals surface area (Å²) in [5.74, 6) is 0. The van der Waals surface area contributed by atoms with Gasteiger partial charge in [-0.25, -0.2) is 0 Å². The first-order valence-corrected chi connectivity index (χ1v) is 6.06. The van der Waals surface area contributed by atoms with Gasteiger partial charge in [0.15, 0.2) is 0 Å². The Hall–Kier alpha value is -1.60. The summed E-state index contributed by atoms with van der Waals surface area (Å²) in [6.45, 7) is 2.37. The Kier molecular flexibility index (Phi) is 3.94. The monoisotopic (exact) mass is 226 g/mol. The maximum absolute atomic E-state index is 8.79. The van der Waals surface area contributed by atoms with Crippen LogP contribution in [0.1, 0.15) is 17.5 Å². The zero-order valence-electron chi connectivity index (χ0n) is 10.2. The Morgan fingerprint density at radius 3 is 2.35 bits per heavy atom. The molecule has 88 valence electrons. The first-order valence-electron chi connectivity index (χ1n) is 6.06. The SMILES string of the molecule is Cc1cccc(-c2ccc(CCCO)cc2)c1. The average Bonchev–Trinajstić information content (AvgIpc) is 2.37. The third kappa shape index (κ3) is 3.18. The highest BCUT2D eigenvalue weighted by molar-refractivity contribution is 5.64. The molecule has 0 fully saturated rings. The maximum atomic E-state index is 8.79. The molecule has 1 nitrogen and oxygen atoms in total. The van der Waals surface area contributed by atoms with Gasteiger partial charge in [-0.3, -0.25) is 0 Å². The number of hydrogen-bond donors (Lipinski definition) is 1. The van der Waals surface area contributed by atoms with Crippen LogP contribution in [0.5, 0.6) is 0 Å². The van der Waals surface area contributed by atoms with E-state index in [2.05, 4.69) is 55.5 Å². The Morgan fingerprint density at radius 2 is 1.71 bits per heavy atom. The quantitative estimate of drug-likeness (QED) is 0.844. The van der Waals surface area contributed by atoms with Gasteiger partial charge in [-0.15, -0.1) is 0 Å². The van der Waals surface area contributed by atoms with E-state index in [1.165, 1.54) is 22.3 Å². The van der Waals surface area contributed by atoms with Crippen LogP contribution in [0.4, 0.5) is 0 Å². The van der Waals surface area contributed by atoms with Crippen LogP contribution in [-0.2, 0) is 6.42 Å². The molecule has 0 aliphatic rings. The molecule has 0 spiro atoms. The van der Waals surface area contributed by atoms with Gasteiger partial charge in [-0.2, -0.15) is 0 Å². The minimum absolute atomic E-state index is 0.264. The molecule has 0 saturated heterocycles. The van der Waals surface area contributed by atoms with E-state index in [1.54, 1.807) is 0 Å². The summed E-state index contributed by atoms with van der Waals surface area (Å²) >= 11 is 0. The fourth-order valence-corrected chi connectivity index (χ4v) is 1.97. The van der Waals surface area contributed by atoms with Crippen LogP contribution in [-0.4, -0.2) is 11.7 Å². The van der Waals surface area contributed by atoms with Crippen molar-refractivity contribution in [3.05, 3.63) is 59.7 Å². The summed E-state index contributed by atoms with van der Waals surface area (Å²) in [6, 6.07) is 17.1. The van der Waals surface area contributed by atoms with Crippen LogP contribution < -0.4 is 0 Å². The number of rotatable bonds is 4. The van der Waals surface area contributed by atoms with E-state index in [-0.39, 0.29) is 6.61 Å². The number of aliphatic hydroxyl groups excluding tert-OH is 1. The van der Waals surface area contributed by atoms with E-state index < -0.39 is 0 Å². The lowest BCUT2D eigenvalue weighted by atomic mass is 10.0. The number of hydrogen-bond acceptors (Lipinski definition) is 1. The van der Waals surface area contributed by atoms with Crippen LogP contribution in [0.3, 0.4) is 0 Å². The predicted octanol–water partition coefficient (Wildman–Crippen LogP) is 3.59. The van der Waals surface area contributed by atoms with E-state index in [1.807, 2.05) is 0 Å². The summed E-state index contributed by atoms with van der Waals surface area (Å²) in [6.07, 6.45) is 1.79. The Balaban J connectivity index is 2.17. The van der Waals surface area contributed by atoms with E-state index in [0.717, 1.165) is 12.8 Å². The van der Waals surface area contributed by atoms with Crippen LogP contribution in [0.2, 0.25) is 0 Å². The summed E-state index contributed by atoms with van der Waals surface area (Å²) in [4.78, 5) is 0. The zero-order chi connectivity index (χ0) is 12.1. The zero-order valence-corrected chi connectivity index (χ0v) is 10.2. The number of benzene rings is 2. The molecule has 0 aromatic heterocycles. The lowest BCUT2D eigenvalue weighted by molar-refractivity contribution is 0.288. The van der Waals surface area contributed by atoms with Gasteiger partial charge in [0.1, 0.15) is 0 Å². The third-order valence-electron chi connectivity index (χ3n) is 2.93. The van der Waals surface area contributed by atoms with Gasteiger partial charge < -0.3 is 5.11 Å². The van der Waals surface area contributed by atoms with Gasteiger partial charge in [0.2, 0.25) is 0 Å². The largest absolute Gasteiger partial charge is 0.396 e. The highest BCUT2D eigenvalue weighted by atomic mass is 16.2. The molecule has 2 aromatic carbocycles. The molecule has 0 bridgehead atoms. The Morgan fingerprint density at radius 1 is 0.941 bits per heavy atom. The standard InChI is InChI=1S/C16H18O/c1-13-4-2-6-16(12-13)15-9-7-14(8-10-15)5-3-11-17/h2,4,6-10,12,17H,3,5,11H2,1H3. The lowest BCUT2D eigenvalue weighted by Crippen LogP contribution is -1.89. The van der Waals surface area contributed by atoms with E-state index in [9.17, 15) is 0 Å². The molecule has 0 amide bonds. The molecular formula is C16H18O. The second-order valence-electron chi connectivity index (χ2n) is 4.39. The molecule has 1 N–H and O–H groups in total. The van der Waals surface area contributed by atoms with Gasteiger partial charge in [0.05, 0.1) is 0 Å². The van der Waals surface area contributed by atoms with Crippen molar-refractivity contribution < 1.29 is 5.11 Å². The van der Waals surface area contributed by atoms with Crippen molar-refractivity contribution in [1.82, 2.24) is 0 Å². The van der Waals surface area contributed by atoms with Crippen LogP contribution >= 0.6 is 0 Å². The smallest absolute Gasteiger partial charge is 0.0434 e. The average molecular weight is 226 g/mol. The molecule has 0 atom stereocenters. The minimum atomic E-state index is 0.264. The topological polar surface area (TPSA) is 20.2 Å². The van der Waals surface area contributed by atoms with Crippen LogP contribution in [0, 0.1) is 6.92 Å². The first kappa shape index (κ1) is 11.9. The van der Waals surface area contributed by atoms with Crippen LogP contribution in [0.15, 0.2) is 48.5 Å². The molecule has 0 unspecified atom stereocenters. The van der Waals surface area contributed by atoms with Crippen LogP contribution in [0.25, 0.3) is 11.1 Å². The number of aryl methyl sites for hydroxylation is 2. The molecule has 0 radical (unpaired) electrons.